The van der Waals surface area contributed by atoms with E-state index < -0.39 is 11.9 Å². The molecule has 0 aliphatic carbocycles. The molecule has 0 aliphatic heterocycles. The summed E-state index contributed by atoms with van der Waals surface area (Å²) in [6, 6.07) is 14.5. The minimum absolute atomic E-state index is 0.251. The molecule has 0 heterocycles. The summed E-state index contributed by atoms with van der Waals surface area (Å²) in [4.78, 5) is 25.2. The molecule has 37 heavy (non-hydrogen) atoms. The van der Waals surface area contributed by atoms with E-state index in [9.17, 15) is 9.59 Å². The number of nitrogens with zero attached hydrogens (tertiary/aromatic N) is 1. The maximum atomic E-state index is 12.6. The van der Waals surface area contributed by atoms with Crippen molar-refractivity contribution in [2.24, 2.45) is 5.10 Å². The summed E-state index contributed by atoms with van der Waals surface area (Å²) in [6.45, 7) is 2.17. The first-order chi connectivity index (χ1) is 17.9. The van der Waals surface area contributed by atoms with Crippen molar-refractivity contribution in [3.05, 3.63) is 71.3 Å². The third-order valence-corrected chi connectivity index (χ3v) is 5.10. The second-order valence-corrected chi connectivity index (χ2v) is 7.37. The first-order valence-corrected chi connectivity index (χ1v) is 11.2. The van der Waals surface area contributed by atoms with E-state index in [0.29, 0.717) is 46.5 Å². The lowest BCUT2D eigenvalue weighted by Gasteiger charge is -2.13. The Labute approximate surface area is 214 Å². The second kappa shape index (κ2) is 12.8. The minimum Gasteiger partial charge on any atom is -0.497 e. The monoisotopic (exact) mass is 508 g/mol. The van der Waals surface area contributed by atoms with Gasteiger partial charge >= 0.3 is 5.97 Å². The van der Waals surface area contributed by atoms with E-state index in [0.717, 1.165) is 0 Å². The molecule has 1 amide bonds. The largest absolute Gasteiger partial charge is 0.497 e. The Bertz CT molecular complexity index is 1250. The van der Waals surface area contributed by atoms with Crippen molar-refractivity contribution in [3.63, 3.8) is 0 Å². The molecule has 0 saturated carbocycles. The van der Waals surface area contributed by atoms with Gasteiger partial charge in [-0.3, -0.25) is 4.79 Å². The molecule has 10 nitrogen and oxygen atoms in total. The number of carbonyl (C=O) groups is 2. The molecule has 0 atom stereocenters. The lowest BCUT2D eigenvalue weighted by molar-refractivity contribution is 0.0728. The number of benzene rings is 3. The third kappa shape index (κ3) is 6.69. The number of rotatable bonds is 11. The summed E-state index contributed by atoms with van der Waals surface area (Å²) in [5, 5.41) is 4.01. The Hall–Kier alpha value is -4.73. The lowest BCUT2D eigenvalue weighted by atomic mass is 10.1. The predicted molar refractivity (Wildman–Crippen MR) is 137 cm³/mol. The van der Waals surface area contributed by atoms with Crippen LogP contribution in [0.4, 0.5) is 0 Å². The molecule has 1 N–H and O–H groups in total. The summed E-state index contributed by atoms with van der Waals surface area (Å²) in [5.41, 5.74) is 3.70. The van der Waals surface area contributed by atoms with Crippen molar-refractivity contribution in [2.45, 2.75) is 6.92 Å². The van der Waals surface area contributed by atoms with Gasteiger partial charge in [0.15, 0.2) is 23.0 Å². The normalized spacial score (nSPS) is 10.5. The summed E-state index contributed by atoms with van der Waals surface area (Å²) in [5.74, 6) is 1.28. The van der Waals surface area contributed by atoms with Crippen molar-refractivity contribution in [3.8, 4) is 34.5 Å². The SMILES string of the molecule is CCOc1cc(C=NNC(=O)c2cc(OC)c(OC)c(OC)c2)ccc1OC(=O)c1ccc(OC)cc1. The first kappa shape index (κ1) is 26.9. The molecule has 0 saturated heterocycles. The summed E-state index contributed by atoms with van der Waals surface area (Å²) in [7, 11) is 5.95. The van der Waals surface area contributed by atoms with Gasteiger partial charge < -0.3 is 28.4 Å². The predicted octanol–water partition coefficient (Wildman–Crippen LogP) is 4.10. The summed E-state index contributed by atoms with van der Waals surface area (Å²) < 4.78 is 32.1. The molecule has 3 aromatic carbocycles. The number of carbonyl (C=O) groups excluding carboxylic acids is 2. The highest BCUT2D eigenvalue weighted by Gasteiger charge is 2.17. The third-order valence-electron chi connectivity index (χ3n) is 5.10. The molecule has 0 unspecified atom stereocenters. The van der Waals surface area contributed by atoms with Crippen LogP contribution in [-0.4, -0.2) is 53.1 Å². The number of esters is 1. The Morgan fingerprint density at radius 1 is 0.784 bits per heavy atom. The van der Waals surface area contributed by atoms with Gasteiger partial charge in [-0.1, -0.05) is 0 Å². The molecule has 0 bridgehead atoms. The molecule has 3 rings (SSSR count). The van der Waals surface area contributed by atoms with Crippen molar-refractivity contribution >= 4 is 18.1 Å². The van der Waals surface area contributed by atoms with Crippen LogP contribution < -0.4 is 33.8 Å². The highest BCUT2D eigenvalue weighted by molar-refractivity contribution is 5.96. The van der Waals surface area contributed by atoms with Crippen LogP contribution in [0.1, 0.15) is 33.2 Å². The average molecular weight is 509 g/mol. The van der Waals surface area contributed by atoms with E-state index in [2.05, 4.69) is 10.5 Å². The van der Waals surface area contributed by atoms with Crippen molar-refractivity contribution in [1.29, 1.82) is 0 Å². The van der Waals surface area contributed by atoms with Crippen LogP contribution in [0.15, 0.2) is 59.7 Å². The molecule has 3 aromatic rings. The highest BCUT2D eigenvalue weighted by Crippen LogP contribution is 2.38. The van der Waals surface area contributed by atoms with Gasteiger partial charge in [0.1, 0.15) is 5.75 Å². The van der Waals surface area contributed by atoms with Crippen molar-refractivity contribution < 1.29 is 38.0 Å². The maximum absolute atomic E-state index is 12.6. The van der Waals surface area contributed by atoms with Crippen LogP contribution in [0.5, 0.6) is 34.5 Å². The Morgan fingerprint density at radius 3 is 2.03 bits per heavy atom. The molecule has 0 aromatic heterocycles. The van der Waals surface area contributed by atoms with Gasteiger partial charge in [-0.05, 0) is 67.1 Å². The second-order valence-electron chi connectivity index (χ2n) is 7.37. The fraction of sp³-hybridized carbons (Fsp3) is 0.222. The van der Waals surface area contributed by atoms with Gasteiger partial charge in [0.25, 0.3) is 5.91 Å². The zero-order valence-electron chi connectivity index (χ0n) is 21.2. The van der Waals surface area contributed by atoms with Crippen LogP contribution >= 0.6 is 0 Å². The van der Waals surface area contributed by atoms with E-state index in [-0.39, 0.29) is 11.3 Å². The number of amides is 1. The number of ether oxygens (including phenoxy) is 6. The molecule has 0 aliphatic rings. The molecule has 194 valence electrons. The molecular formula is C27H28N2O8. The van der Waals surface area contributed by atoms with Gasteiger partial charge in [0, 0.05) is 5.56 Å². The van der Waals surface area contributed by atoms with E-state index in [1.165, 1.54) is 39.7 Å². The number of hydrogen-bond donors (Lipinski definition) is 1. The van der Waals surface area contributed by atoms with E-state index in [1.807, 2.05) is 6.92 Å². The van der Waals surface area contributed by atoms with E-state index in [4.69, 9.17) is 28.4 Å². The van der Waals surface area contributed by atoms with Crippen molar-refractivity contribution in [1.82, 2.24) is 5.43 Å². The minimum atomic E-state index is -0.539. The van der Waals surface area contributed by atoms with Crippen LogP contribution in [0.25, 0.3) is 0 Å². The fourth-order valence-corrected chi connectivity index (χ4v) is 3.29. The van der Waals surface area contributed by atoms with Crippen LogP contribution in [0, 0.1) is 0 Å². The summed E-state index contributed by atoms with van der Waals surface area (Å²) in [6.07, 6.45) is 1.44. The van der Waals surface area contributed by atoms with Gasteiger partial charge in [0.2, 0.25) is 5.75 Å². The summed E-state index contributed by atoms with van der Waals surface area (Å²) >= 11 is 0. The van der Waals surface area contributed by atoms with Crippen molar-refractivity contribution in [2.75, 3.05) is 35.0 Å². The molecule has 10 heteroatoms. The molecule has 0 fully saturated rings. The number of hydrazone groups is 1. The Balaban J connectivity index is 1.73. The van der Waals surface area contributed by atoms with Crippen LogP contribution in [0.2, 0.25) is 0 Å². The van der Waals surface area contributed by atoms with Gasteiger partial charge in [-0.25, -0.2) is 10.2 Å². The van der Waals surface area contributed by atoms with E-state index >= 15 is 0 Å². The van der Waals surface area contributed by atoms with Crippen LogP contribution in [-0.2, 0) is 0 Å². The average Bonchev–Trinajstić information content (AvgIpc) is 2.93. The molecule has 0 radical (unpaired) electrons. The molecular weight excluding hydrogens is 480 g/mol. The Kier molecular flexibility index (Phi) is 9.31. The maximum Gasteiger partial charge on any atom is 0.343 e. The lowest BCUT2D eigenvalue weighted by Crippen LogP contribution is -2.18. The smallest absolute Gasteiger partial charge is 0.343 e. The number of hydrogen-bond acceptors (Lipinski definition) is 9. The topological polar surface area (TPSA) is 114 Å². The number of methoxy groups -OCH3 is 4. The first-order valence-electron chi connectivity index (χ1n) is 11.2. The standard InChI is InChI=1S/C27H28N2O8/c1-6-36-22-13-17(7-12-21(22)37-27(31)18-8-10-20(32-2)11-9-18)16-28-29-26(30)19-14-23(33-3)25(35-5)24(15-19)34-4/h7-16H,6H2,1-5H3,(H,29,30). The van der Waals surface area contributed by atoms with Gasteiger partial charge in [0.05, 0.1) is 46.8 Å². The van der Waals surface area contributed by atoms with Gasteiger partial charge in [-0.2, -0.15) is 5.10 Å². The highest BCUT2D eigenvalue weighted by atomic mass is 16.6. The zero-order chi connectivity index (χ0) is 26.8. The van der Waals surface area contributed by atoms with Gasteiger partial charge in [-0.15, -0.1) is 0 Å². The Morgan fingerprint density at radius 2 is 1.46 bits per heavy atom. The fourth-order valence-electron chi connectivity index (χ4n) is 3.29. The molecule has 0 spiro atoms. The number of nitrogens with one attached hydrogen (secondary N) is 1. The van der Waals surface area contributed by atoms with Crippen LogP contribution in [0.3, 0.4) is 0 Å². The zero-order valence-corrected chi connectivity index (χ0v) is 21.2. The quantitative estimate of drug-likeness (QED) is 0.178. The van der Waals surface area contributed by atoms with E-state index in [1.54, 1.807) is 49.6 Å².